The molecule has 0 N–H and O–H groups in total. The second-order valence-electron chi connectivity index (χ2n) is 0.770. The standard InChI is InChI=1S/C6H6/c1-3-5-6-4-2/h1-6H/b3-1?,4-2?,6-5+. The molecule has 0 aliphatic heterocycles. The van der Waals surface area contributed by atoms with E-state index in [0.29, 0.717) is 0 Å². The van der Waals surface area contributed by atoms with Crippen molar-refractivity contribution in [2.45, 2.75) is 0 Å². The van der Waals surface area contributed by atoms with Gasteiger partial charge >= 0.3 is 0 Å². The zero-order valence-corrected chi connectivity index (χ0v) is 3.46. The summed E-state index contributed by atoms with van der Waals surface area (Å²) < 4.78 is 0. The smallest absolute Gasteiger partial charge is 0.0623 e. The van der Waals surface area contributed by atoms with Crippen LogP contribution in [0.1, 0.15) is 0 Å². The van der Waals surface area contributed by atoms with Crippen LogP contribution in [0.25, 0.3) is 0 Å². The highest BCUT2D eigenvalue weighted by Crippen LogP contribution is 1.69. The van der Waals surface area contributed by atoms with Crippen molar-refractivity contribution in [3.63, 3.8) is 0 Å². The summed E-state index contributed by atoms with van der Waals surface area (Å²) in [6.45, 7) is 9.85. The van der Waals surface area contributed by atoms with E-state index < -0.39 is 0 Å². The fourth-order valence-corrected chi connectivity index (χ4v) is 0.128. The Morgan fingerprint density at radius 2 is 1.17 bits per heavy atom. The molecule has 0 nitrogen and oxygen atoms in total. The SMILES string of the molecule is [CH]=C/C=C/C=[CH]. The lowest BCUT2D eigenvalue weighted by Crippen LogP contribution is -1.38. The van der Waals surface area contributed by atoms with Gasteiger partial charge < -0.3 is 0 Å². The van der Waals surface area contributed by atoms with E-state index in [0.717, 1.165) is 0 Å². The summed E-state index contributed by atoms with van der Waals surface area (Å²) in [5.74, 6) is 0. The van der Waals surface area contributed by atoms with E-state index in [2.05, 4.69) is 0 Å². The first kappa shape index (κ1) is 5.22. The molecular weight excluding hydrogens is 72.1 g/mol. The van der Waals surface area contributed by atoms with Crippen LogP contribution in [-0.2, 0) is 0 Å². The van der Waals surface area contributed by atoms with Gasteiger partial charge in [-0.25, -0.2) is 0 Å². The number of allylic oxidation sites excluding steroid dienone is 4. The first-order chi connectivity index (χ1) is 2.91. The highest BCUT2D eigenvalue weighted by molar-refractivity contribution is 5.03. The van der Waals surface area contributed by atoms with Crippen LogP contribution in [-0.4, -0.2) is 0 Å². The summed E-state index contributed by atoms with van der Waals surface area (Å²) in [5.41, 5.74) is 0. The van der Waals surface area contributed by atoms with E-state index in [4.69, 9.17) is 13.2 Å². The largest absolute Gasteiger partial charge is 0.0623 e. The van der Waals surface area contributed by atoms with Crippen molar-refractivity contribution in [1.29, 1.82) is 0 Å². The van der Waals surface area contributed by atoms with Gasteiger partial charge in [0.25, 0.3) is 0 Å². The van der Waals surface area contributed by atoms with Gasteiger partial charge in [0.1, 0.15) is 0 Å². The zero-order valence-electron chi connectivity index (χ0n) is 3.46. The van der Waals surface area contributed by atoms with Gasteiger partial charge in [-0.15, -0.1) is 0 Å². The first-order valence-corrected chi connectivity index (χ1v) is 1.67. The van der Waals surface area contributed by atoms with E-state index in [1.54, 1.807) is 12.2 Å². The van der Waals surface area contributed by atoms with Crippen LogP contribution in [0.15, 0.2) is 24.3 Å². The van der Waals surface area contributed by atoms with E-state index in [-0.39, 0.29) is 0 Å². The molecule has 0 aromatic carbocycles. The number of rotatable bonds is 2. The monoisotopic (exact) mass is 78.0 g/mol. The maximum absolute atomic E-state index is 4.93. The third kappa shape index (κ3) is 3.22. The lowest BCUT2D eigenvalue weighted by molar-refractivity contribution is 1.95. The molecule has 0 amide bonds. The first-order valence-electron chi connectivity index (χ1n) is 1.67. The second kappa shape index (κ2) is 4.22. The molecule has 0 fully saturated rings. The van der Waals surface area contributed by atoms with Gasteiger partial charge in [-0.3, -0.25) is 0 Å². The minimum atomic E-state index is 1.42. The van der Waals surface area contributed by atoms with Crippen LogP contribution >= 0.6 is 0 Å². The Labute approximate surface area is 38.5 Å². The van der Waals surface area contributed by atoms with Crippen molar-refractivity contribution in [2.75, 3.05) is 0 Å². The van der Waals surface area contributed by atoms with Gasteiger partial charge in [-0.05, 0) is 0 Å². The maximum Gasteiger partial charge on any atom is -0.0623 e. The number of hydrogen-bond donors (Lipinski definition) is 0. The molecule has 0 atom stereocenters. The van der Waals surface area contributed by atoms with Crippen LogP contribution in [0.5, 0.6) is 0 Å². The minimum absolute atomic E-state index is 1.42. The third-order valence-corrected chi connectivity index (χ3v) is 0.333. The molecule has 0 spiro atoms. The van der Waals surface area contributed by atoms with Crippen molar-refractivity contribution in [3.05, 3.63) is 37.5 Å². The van der Waals surface area contributed by atoms with Gasteiger partial charge in [0.15, 0.2) is 0 Å². The third-order valence-electron chi connectivity index (χ3n) is 0.333. The average molecular weight is 78.1 g/mol. The van der Waals surface area contributed by atoms with Crippen LogP contribution in [0.3, 0.4) is 0 Å². The van der Waals surface area contributed by atoms with Gasteiger partial charge in [0, 0.05) is 0 Å². The molecule has 0 rings (SSSR count). The van der Waals surface area contributed by atoms with E-state index >= 15 is 0 Å². The molecule has 0 heteroatoms. The van der Waals surface area contributed by atoms with Crippen LogP contribution in [0.4, 0.5) is 0 Å². The van der Waals surface area contributed by atoms with Gasteiger partial charge in [0.2, 0.25) is 0 Å². The van der Waals surface area contributed by atoms with E-state index in [9.17, 15) is 0 Å². The lowest BCUT2D eigenvalue weighted by atomic mass is 10.5. The van der Waals surface area contributed by atoms with Crippen LogP contribution in [0.2, 0.25) is 0 Å². The molecule has 0 aliphatic rings. The van der Waals surface area contributed by atoms with Crippen molar-refractivity contribution in [1.82, 2.24) is 0 Å². The summed E-state index contributed by atoms with van der Waals surface area (Å²) in [5, 5.41) is 0. The molecule has 0 aromatic heterocycles. The minimum Gasteiger partial charge on any atom is -0.0623 e. The van der Waals surface area contributed by atoms with Crippen LogP contribution < -0.4 is 0 Å². The summed E-state index contributed by atoms with van der Waals surface area (Å²) >= 11 is 0. The van der Waals surface area contributed by atoms with Gasteiger partial charge in [-0.2, -0.15) is 0 Å². The van der Waals surface area contributed by atoms with Crippen molar-refractivity contribution in [2.24, 2.45) is 0 Å². The van der Waals surface area contributed by atoms with Gasteiger partial charge in [0.05, 0.1) is 0 Å². The Morgan fingerprint density at radius 3 is 1.33 bits per heavy atom. The molecular formula is C6H6. The quantitative estimate of drug-likeness (QED) is 0.439. The normalized spacial score (nSPS) is 8.67. The molecule has 0 heterocycles. The second-order valence-corrected chi connectivity index (χ2v) is 0.770. The fraction of sp³-hybridized carbons (Fsp3) is 0. The Balaban J connectivity index is 3.17. The molecule has 0 aromatic rings. The predicted octanol–water partition coefficient (Wildman–Crippen LogP) is 1.52. The molecule has 0 unspecified atom stereocenters. The average Bonchev–Trinajstić information content (AvgIpc) is 1.61. The van der Waals surface area contributed by atoms with E-state index in [1.165, 1.54) is 12.2 Å². The molecule has 6 heavy (non-hydrogen) atoms. The molecule has 2 radical (unpaired) electrons. The fourth-order valence-electron chi connectivity index (χ4n) is 0.128. The van der Waals surface area contributed by atoms with Crippen LogP contribution in [0, 0.1) is 13.2 Å². The predicted molar refractivity (Wildman–Crippen MR) is 26.9 cm³/mol. The Bertz CT molecular complexity index is 58.1. The van der Waals surface area contributed by atoms with Crippen molar-refractivity contribution >= 4 is 0 Å². The molecule has 0 bridgehead atoms. The summed E-state index contributed by atoms with van der Waals surface area (Å²) in [6, 6.07) is 0. The van der Waals surface area contributed by atoms with Crippen molar-refractivity contribution < 1.29 is 0 Å². The zero-order chi connectivity index (χ0) is 4.83. The topological polar surface area (TPSA) is 0 Å². The van der Waals surface area contributed by atoms with Crippen molar-refractivity contribution in [3.8, 4) is 0 Å². The summed E-state index contributed by atoms with van der Waals surface area (Å²) in [4.78, 5) is 0. The highest BCUT2D eigenvalue weighted by atomic mass is 13.5. The highest BCUT2D eigenvalue weighted by Gasteiger charge is 1.47. The Kier molecular flexibility index (Phi) is 3.67. The Hall–Kier alpha value is -0.780. The number of hydrogen-bond acceptors (Lipinski definition) is 0. The molecule has 0 aliphatic carbocycles. The Morgan fingerprint density at radius 1 is 0.833 bits per heavy atom. The molecule has 30 valence electrons. The van der Waals surface area contributed by atoms with Gasteiger partial charge in [-0.1, -0.05) is 37.5 Å². The van der Waals surface area contributed by atoms with E-state index in [1.807, 2.05) is 0 Å². The molecule has 0 saturated heterocycles. The molecule has 0 saturated carbocycles. The lowest BCUT2D eigenvalue weighted by Gasteiger charge is -1.60. The maximum atomic E-state index is 4.93. The summed E-state index contributed by atoms with van der Waals surface area (Å²) in [6.07, 6.45) is 6.15. The summed E-state index contributed by atoms with van der Waals surface area (Å²) in [7, 11) is 0.